The second-order valence-electron chi connectivity index (χ2n) is 16.2. The van der Waals surface area contributed by atoms with Gasteiger partial charge in [0.15, 0.2) is 41.7 Å². The third kappa shape index (κ3) is 13.9. The van der Waals surface area contributed by atoms with Crippen LogP contribution in [0.2, 0.25) is 0 Å². The van der Waals surface area contributed by atoms with E-state index in [9.17, 15) is 47.9 Å². The van der Waals surface area contributed by atoms with Crippen molar-refractivity contribution < 1.29 is 114 Å². The molecule has 388 valence electrons. The van der Waals surface area contributed by atoms with Crippen molar-refractivity contribution in [3.63, 3.8) is 0 Å². The Morgan fingerprint density at radius 2 is 0.944 bits per heavy atom. The monoisotopic (exact) mass is 1010 g/mol. The Morgan fingerprint density at radius 3 is 1.46 bits per heavy atom. The van der Waals surface area contributed by atoms with E-state index >= 15 is 4.79 Å². The lowest BCUT2D eigenvalue weighted by molar-refractivity contribution is -0.283. The third-order valence-electron chi connectivity index (χ3n) is 9.96. The van der Waals surface area contributed by atoms with Crippen LogP contribution in [-0.2, 0) is 85.8 Å². The highest BCUT2D eigenvalue weighted by Crippen LogP contribution is 2.42. The third-order valence-corrected chi connectivity index (χ3v) is 9.96. The van der Waals surface area contributed by atoms with Gasteiger partial charge in [-0.05, 0) is 32.0 Å². The molecule has 3 heterocycles. The molecule has 0 aliphatic carbocycles. The highest BCUT2D eigenvalue weighted by molar-refractivity contribution is 5.91. The van der Waals surface area contributed by atoms with Crippen molar-refractivity contribution in [1.29, 1.82) is 0 Å². The number of benzene rings is 2. The van der Waals surface area contributed by atoms with Crippen LogP contribution in [0, 0.1) is 0 Å². The average Bonchev–Trinajstić information content (AvgIpc) is 3.23. The number of Topliss-reactive ketones (excluding diaryl/α,β-unsaturated/α-hetero) is 1. The number of carbonyl (C=O) groups is 10. The molecule has 2 aromatic carbocycles. The molecule has 0 bridgehead atoms. The van der Waals surface area contributed by atoms with E-state index in [1.54, 1.807) is 0 Å². The van der Waals surface area contributed by atoms with Crippen molar-refractivity contribution in [2.24, 2.45) is 0 Å². The van der Waals surface area contributed by atoms with Crippen LogP contribution in [0.5, 0.6) is 28.7 Å². The second kappa shape index (κ2) is 23.3. The number of fused-ring (bicyclic) bond motifs is 1. The highest BCUT2D eigenvalue weighted by atomic mass is 16.7. The predicted octanol–water partition coefficient (Wildman–Crippen LogP) is 3.03. The van der Waals surface area contributed by atoms with E-state index in [1.807, 2.05) is 0 Å². The summed E-state index contributed by atoms with van der Waals surface area (Å²) in [6, 6.07) is 5.61. The minimum atomic E-state index is -2.04. The van der Waals surface area contributed by atoms with Crippen LogP contribution in [-0.4, -0.2) is 121 Å². The van der Waals surface area contributed by atoms with Gasteiger partial charge >= 0.3 is 53.7 Å². The van der Waals surface area contributed by atoms with Gasteiger partial charge < -0.3 is 66.0 Å². The molecule has 2 aliphatic heterocycles. The van der Waals surface area contributed by atoms with Crippen molar-refractivity contribution in [2.45, 2.75) is 144 Å². The van der Waals surface area contributed by atoms with Crippen LogP contribution in [0.3, 0.4) is 0 Å². The van der Waals surface area contributed by atoms with Gasteiger partial charge in [0, 0.05) is 86.4 Å². The summed E-state index contributed by atoms with van der Waals surface area (Å²) in [5.74, 6) is -11.7. The maximum absolute atomic E-state index is 15.2. The van der Waals surface area contributed by atoms with Gasteiger partial charge in [0.1, 0.15) is 34.4 Å². The zero-order valence-electron chi connectivity index (χ0n) is 40.6. The molecular weight excluding hydrogens is 964 g/mol. The SMILES string of the molecule is CC(=O)CC1OC(Oc2c(-c3ccc(OC(C)=O)c(OC(C)=O)c3)oc3cc(OC4OC(C)C(OC(C)=O)C(OC(C)=O)C4OC(C)=O)cc(OC(C)=O)c3c2=O)C(OC(C)=O)C(OC(C)=O)C1OC(C)=O. The summed E-state index contributed by atoms with van der Waals surface area (Å²) in [5.41, 5.74) is -1.81. The molecule has 25 nitrogen and oxygen atoms in total. The number of rotatable bonds is 16. The largest absolute Gasteiger partial charge is 0.460 e. The standard InChI is InChI=1S/C47H50O25/c1-18(48)14-35-40(64-24(7)53)43(66-26(9)55)45(68-28(11)57)47(71-35)72-41-37(58)36-33(62-22(5)51)16-30(17-34(36)70-39(41)29-12-13-31(60-20(3)49)32(15-29)61-21(4)50)69-46-44(67-27(10)56)42(65-25(8)54)38(19(2)59-46)63-23(6)52/h12-13,15-17,19,35,38,40,42-47H,14H2,1-11H3. The molecular formula is C47H50O25. The van der Waals surface area contributed by atoms with Gasteiger partial charge in [-0.3, -0.25) is 52.7 Å². The molecule has 72 heavy (non-hydrogen) atoms. The van der Waals surface area contributed by atoms with E-state index in [-0.39, 0.29) is 22.8 Å². The molecule has 0 N–H and O–H groups in total. The summed E-state index contributed by atoms with van der Waals surface area (Å²) in [7, 11) is 0. The number of carbonyl (C=O) groups excluding carboxylic acids is 10. The number of ether oxygens (including phenoxy) is 13. The number of hydrogen-bond acceptors (Lipinski definition) is 25. The van der Waals surface area contributed by atoms with Crippen LogP contribution in [0.25, 0.3) is 22.3 Å². The lowest BCUT2D eigenvalue weighted by atomic mass is 9.94. The molecule has 3 aromatic rings. The maximum Gasteiger partial charge on any atom is 0.308 e. The molecule has 10 atom stereocenters. The van der Waals surface area contributed by atoms with Crippen molar-refractivity contribution >= 4 is 70.5 Å². The zero-order valence-corrected chi connectivity index (χ0v) is 40.6. The van der Waals surface area contributed by atoms with Gasteiger partial charge in [0.25, 0.3) is 0 Å². The first-order chi connectivity index (χ1) is 33.7. The van der Waals surface area contributed by atoms with Gasteiger partial charge in [0.05, 0.1) is 6.10 Å². The van der Waals surface area contributed by atoms with Gasteiger partial charge in [-0.25, -0.2) is 0 Å². The predicted molar refractivity (Wildman–Crippen MR) is 235 cm³/mol. The molecule has 1 aromatic heterocycles. The van der Waals surface area contributed by atoms with Gasteiger partial charge in [0.2, 0.25) is 36.0 Å². The minimum Gasteiger partial charge on any atom is -0.460 e. The van der Waals surface area contributed by atoms with Crippen LogP contribution in [0.15, 0.2) is 39.5 Å². The lowest BCUT2D eigenvalue weighted by Gasteiger charge is -2.44. The van der Waals surface area contributed by atoms with Crippen molar-refractivity contribution in [1.82, 2.24) is 0 Å². The Morgan fingerprint density at radius 1 is 0.486 bits per heavy atom. The van der Waals surface area contributed by atoms with Crippen LogP contribution in [0.1, 0.15) is 82.6 Å². The molecule has 5 rings (SSSR count). The summed E-state index contributed by atoms with van der Waals surface area (Å²) >= 11 is 0. The van der Waals surface area contributed by atoms with Crippen molar-refractivity contribution in [2.75, 3.05) is 0 Å². The number of ketones is 1. The molecule has 2 saturated heterocycles. The summed E-state index contributed by atoms with van der Waals surface area (Å²) in [4.78, 5) is 139. The molecule has 0 saturated carbocycles. The van der Waals surface area contributed by atoms with Gasteiger partial charge in [-0.1, -0.05) is 0 Å². The molecule has 0 radical (unpaired) electrons. The minimum absolute atomic E-state index is 0.175. The smallest absolute Gasteiger partial charge is 0.308 e. The number of esters is 9. The molecule has 25 heteroatoms. The average molecular weight is 1010 g/mol. The van der Waals surface area contributed by atoms with E-state index in [1.165, 1.54) is 19.9 Å². The summed E-state index contributed by atoms with van der Waals surface area (Å²) in [6.07, 6.45) is -16.6. The fourth-order valence-corrected chi connectivity index (χ4v) is 7.68. The molecule has 10 unspecified atom stereocenters. The molecule has 2 fully saturated rings. The number of hydrogen-bond donors (Lipinski definition) is 0. The summed E-state index contributed by atoms with van der Waals surface area (Å²) in [5, 5.41) is -0.551. The van der Waals surface area contributed by atoms with Crippen LogP contribution < -0.4 is 29.1 Å². The van der Waals surface area contributed by atoms with E-state index in [0.29, 0.717) is 0 Å². The van der Waals surface area contributed by atoms with E-state index < -0.39 is 161 Å². The quantitative estimate of drug-likeness (QED) is 0.113. The second-order valence-corrected chi connectivity index (χ2v) is 16.2. The fourth-order valence-electron chi connectivity index (χ4n) is 7.68. The molecule has 2 aliphatic rings. The van der Waals surface area contributed by atoms with E-state index in [4.69, 9.17) is 66.0 Å². The topological polar surface area (TPSA) is 321 Å². The highest BCUT2D eigenvalue weighted by Gasteiger charge is 2.54. The van der Waals surface area contributed by atoms with Crippen molar-refractivity contribution in [3.8, 4) is 40.1 Å². The Balaban J connectivity index is 1.82. The van der Waals surface area contributed by atoms with Crippen LogP contribution >= 0.6 is 0 Å². The molecule has 0 spiro atoms. The van der Waals surface area contributed by atoms with Crippen LogP contribution in [0.4, 0.5) is 0 Å². The Hall–Kier alpha value is -7.93. The zero-order chi connectivity index (χ0) is 53.5. The van der Waals surface area contributed by atoms with Crippen molar-refractivity contribution in [3.05, 3.63) is 40.6 Å². The Labute approximate surface area is 408 Å². The van der Waals surface area contributed by atoms with Gasteiger partial charge in [-0.2, -0.15) is 0 Å². The van der Waals surface area contributed by atoms with E-state index in [2.05, 4.69) is 0 Å². The first kappa shape index (κ1) is 55.0. The Bertz CT molecular complexity index is 2720. The summed E-state index contributed by atoms with van der Waals surface area (Å²) in [6.45, 7) is 11.8. The normalized spacial score (nSPS) is 23.5. The maximum atomic E-state index is 15.2. The lowest BCUT2D eigenvalue weighted by Crippen LogP contribution is -2.63. The first-order valence-corrected chi connectivity index (χ1v) is 21.7. The molecule has 0 amide bonds. The summed E-state index contributed by atoms with van der Waals surface area (Å²) < 4.78 is 79.9. The first-order valence-electron chi connectivity index (χ1n) is 21.7. The fraction of sp³-hybridized carbons (Fsp3) is 0.468. The van der Waals surface area contributed by atoms with Gasteiger partial charge in [-0.15, -0.1) is 0 Å². The Kier molecular flexibility index (Phi) is 17.8. The van der Waals surface area contributed by atoms with E-state index in [0.717, 1.165) is 86.6 Å².